The van der Waals surface area contributed by atoms with E-state index >= 15 is 0 Å². The van der Waals surface area contributed by atoms with Crippen molar-refractivity contribution in [2.75, 3.05) is 25.1 Å². The van der Waals surface area contributed by atoms with Gasteiger partial charge in [-0.25, -0.2) is 0 Å². The summed E-state index contributed by atoms with van der Waals surface area (Å²) in [5, 5.41) is 4.85. The van der Waals surface area contributed by atoms with Crippen LogP contribution in [0.4, 0.5) is 0 Å². The first-order valence-corrected chi connectivity index (χ1v) is 8.56. The molecular formula is C13H18N2O2S2. The predicted molar refractivity (Wildman–Crippen MR) is 79.4 cm³/mol. The molecule has 0 unspecified atom stereocenters. The summed E-state index contributed by atoms with van der Waals surface area (Å²) in [5.74, 6) is 0.580. The van der Waals surface area contributed by atoms with E-state index in [-0.39, 0.29) is 11.8 Å². The van der Waals surface area contributed by atoms with Gasteiger partial charge in [0.05, 0.1) is 5.75 Å². The summed E-state index contributed by atoms with van der Waals surface area (Å²) < 4.78 is 0. The molecule has 2 amide bonds. The second-order valence-electron chi connectivity index (χ2n) is 4.47. The van der Waals surface area contributed by atoms with Gasteiger partial charge in [0.2, 0.25) is 11.8 Å². The van der Waals surface area contributed by atoms with Crippen LogP contribution in [-0.4, -0.2) is 41.8 Å². The molecule has 0 saturated carbocycles. The molecule has 6 heteroatoms. The van der Waals surface area contributed by atoms with E-state index in [1.54, 1.807) is 11.3 Å². The molecule has 19 heavy (non-hydrogen) atoms. The highest BCUT2D eigenvalue weighted by atomic mass is 32.2. The van der Waals surface area contributed by atoms with Crippen molar-refractivity contribution in [3.05, 3.63) is 21.9 Å². The van der Waals surface area contributed by atoms with Crippen LogP contribution in [0.25, 0.3) is 0 Å². The van der Waals surface area contributed by atoms with Crippen molar-refractivity contribution in [3.8, 4) is 0 Å². The molecule has 104 valence electrons. The maximum absolute atomic E-state index is 12.0. The minimum absolute atomic E-state index is 0.000866. The van der Waals surface area contributed by atoms with Crippen molar-refractivity contribution in [1.29, 1.82) is 0 Å². The number of amides is 2. The molecule has 1 N–H and O–H groups in total. The molecule has 0 aliphatic carbocycles. The van der Waals surface area contributed by atoms with E-state index in [1.807, 2.05) is 11.2 Å². The number of nitrogens with zero attached hydrogens (tertiary/aromatic N) is 1. The summed E-state index contributed by atoms with van der Waals surface area (Å²) >= 11 is 3.25. The monoisotopic (exact) mass is 298 g/mol. The number of hydrogen-bond acceptors (Lipinski definition) is 4. The van der Waals surface area contributed by atoms with Gasteiger partial charge in [0.1, 0.15) is 0 Å². The summed E-state index contributed by atoms with van der Waals surface area (Å²) in [6, 6.07) is 2.10. The average Bonchev–Trinajstić information content (AvgIpc) is 2.86. The number of hydrogen-bond donors (Lipinski definition) is 1. The van der Waals surface area contributed by atoms with E-state index in [9.17, 15) is 9.59 Å². The Balaban J connectivity index is 1.74. The van der Waals surface area contributed by atoms with Gasteiger partial charge in [0, 0.05) is 30.9 Å². The second kappa shape index (κ2) is 6.96. The van der Waals surface area contributed by atoms with Crippen molar-refractivity contribution in [2.24, 2.45) is 0 Å². The standard InChI is InChI=1S/C13H18N2O2S2/c1-18-9-12(16)14-5-2-13(17)15-6-3-11-10(8-15)4-7-19-11/h4,7H,2-3,5-6,8-9H2,1H3,(H,14,16). The molecule has 1 aromatic heterocycles. The van der Waals surface area contributed by atoms with Crippen molar-refractivity contribution in [2.45, 2.75) is 19.4 Å². The Morgan fingerprint density at radius 2 is 2.37 bits per heavy atom. The predicted octanol–water partition coefficient (Wildman–Crippen LogP) is 1.50. The van der Waals surface area contributed by atoms with Crippen LogP contribution in [0.15, 0.2) is 11.4 Å². The Bertz CT molecular complexity index is 459. The molecule has 0 bridgehead atoms. The number of carbonyl (C=O) groups is 2. The van der Waals surface area contributed by atoms with Gasteiger partial charge < -0.3 is 10.2 Å². The third kappa shape index (κ3) is 3.98. The number of nitrogens with one attached hydrogen (secondary N) is 1. The minimum atomic E-state index is -0.000866. The summed E-state index contributed by atoms with van der Waals surface area (Å²) in [6.45, 7) is 1.95. The van der Waals surface area contributed by atoms with Crippen LogP contribution in [-0.2, 0) is 22.6 Å². The van der Waals surface area contributed by atoms with Gasteiger partial charge in [-0.15, -0.1) is 11.3 Å². The van der Waals surface area contributed by atoms with E-state index < -0.39 is 0 Å². The highest BCUT2D eigenvalue weighted by Crippen LogP contribution is 2.24. The lowest BCUT2D eigenvalue weighted by atomic mass is 10.1. The SMILES string of the molecule is CSCC(=O)NCCC(=O)N1CCc2sccc2C1. The first-order valence-electron chi connectivity index (χ1n) is 6.29. The molecular weight excluding hydrogens is 280 g/mol. The lowest BCUT2D eigenvalue weighted by Gasteiger charge is -2.27. The number of thiophene rings is 1. The Morgan fingerprint density at radius 3 is 3.16 bits per heavy atom. The van der Waals surface area contributed by atoms with Crippen LogP contribution in [0.3, 0.4) is 0 Å². The fourth-order valence-electron chi connectivity index (χ4n) is 2.11. The number of rotatable bonds is 5. The van der Waals surface area contributed by atoms with Crippen molar-refractivity contribution in [3.63, 3.8) is 0 Å². The fourth-order valence-corrected chi connectivity index (χ4v) is 3.36. The number of carbonyl (C=O) groups excluding carboxylic acids is 2. The number of thioether (sulfide) groups is 1. The van der Waals surface area contributed by atoms with Crippen molar-refractivity contribution >= 4 is 34.9 Å². The third-order valence-corrected chi connectivity index (χ3v) is 4.67. The molecule has 0 aromatic carbocycles. The van der Waals surface area contributed by atoms with Crippen LogP contribution >= 0.6 is 23.1 Å². The van der Waals surface area contributed by atoms with Gasteiger partial charge >= 0.3 is 0 Å². The third-order valence-electron chi connectivity index (χ3n) is 3.10. The lowest BCUT2D eigenvalue weighted by Crippen LogP contribution is -2.37. The Hall–Kier alpha value is -1.01. The van der Waals surface area contributed by atoms with E-state index in [0.29, 0.717) is 18.7 Å². The zero-order chi connectivity index (χ0) is 13.7. The van der Waals surface area contributed by atoms with E-state index in [0.717, 1.165) is 19.5 Å². The van der Waals surface area contributed by atoms with Crippen LogP contribution < -0.4 is 5.32 Å². The molecule has 1 aliphatic heterocycles. The largest absolute Gasteiger partial charge is 0.355 e. The molecule has 1 aliphatic rings. The van der Waals surface area contributed by atoms with E-state index in [1.165, 1.54) is 22.2 Å². The topological polar surface area (TPSA) is 49.4 Å². The van der Waals surface area contributed by atoms with Crippen LogP contribution in [0.1, 0.15) is 16.9 Å². The maximum atomic E-state index is 12.0. The smallest absolute Gasteiger partial charge is 0.229 e. The summed E-state index contributed by atoms with van der Waals surface area (Å²) in [5.41, 5.74) is 1.27. The summed E-state index contributed by atoms with van der Waals surface area (Å²) in [4.78, 5) is 26.6. The van der Waals surface area contributed by atoms with E-state index in [4.69, 9.17) is 0 Å². The molecule has 0 spiro atoms. The first kappa shape index (κ1) is 14.4. The van der Waals surface area contributed by atoms with Crippen LogP contribution in [0.5, 0.6) is 0 Å². The Kier molecular flexibility index (Phi) is 5.27. The Morgan fingerprint density at radius 1 is 1.53 bits per heavy atom. The molecule has 0 fully saturated rings. The molecule has 1 aromatic rings. The fraction of sp³-hybridized carbons (Fsp3) is 0.538. The second-order valence-corrected chi connectivity index (χ2v) is 6.33. The van der Waals surface area contributed by atoms with Crippen molar-refractivity contribution < 1.29 is 9.59 Å². The highest BCUT2D eigenvalue weighted by molar-refractivity contribution is 7.99. The first-order chi connectivity index (χ1) is 9.20. The maximum Gasteiger partial charge on any atom is 0.229 e. The van der Waals surface area contributed by atoms with Crippen LogP contribution in [0, 0.1) is 0 Å². The molecule has 0 radical (unpaired) electrons. The summed E-state index contributed by atoms with van der Waals surface area (Å²) in [6.07, 6.45) is 3.23. The molecule has 2 rings (SSSR count). The number of fused-ring (bicyclic) bond motifs is 1. The minimum Gasteiger partial charge on any atom is -0.355 e. The zero-order valence-corrected chi connectivity index (χ0v) is 12.6. The quantitative estimate of drug-likeness (QED) is 0.896. The van der Waals surface area contributed by atoms with E-state index in [2.05, 4.69) is 16.8 Å². The summed E-state index contributed by atoms with van der Waals surface area (Å²) in [7, 11) is 0. The van der Waals surface area contributed by atoms with Gasteiger partial charge in [-0.2, -0.15) is 11.8 Å². The normalized spacial score (nSPS) is 14.1. The molecule has 0 atom stereocenters. The van der Waals surface area contributed by atoms with Gasteiger partial charge in [-0.3, -0.25) is 9.59 Å². The zero-order valence-electron chi connectivity index (χ0n) is 11.0. The molecule has 2 heterocycles. The van der Waals surface area contributed by atoms with Gasteiger partial charge in [0.25, 0.3) is 0 Å². The van der Waals surface area contributed by atoms with Gasteiger partial charge in [-0.1, -0.05) is 0 Å². The van der Waals surface area contributed by atoms with Gasteiger partial charge in [-0.05, 0) is 29.7 Å². The highest BCUT2D eigenvalue weighted by Gasteiger charge is 2.20. The Labute approximate surface area is 121 Å². The van der Waals surface area contributed by atoms with Gasteiger partial charge in [0.15, 0.2) is 0 Å². The van der Waals surface area contributed by atoms with Crippen LogP contribution in [0.2, 0.25) is 0 Å². The molecule has 0 saturated heterocycles. The molecule has 4 nitrogen and oxygen atoms in total. The average molecular weight is 298 g/mol. The van der Waals surface area contributed by atoms with Crippen molar-refractivity contribution in [1.82, 2.24) is 10.2 Å². The lowest BCUT2D eigenvalue weighted by molar-refractivity contribution is -0.132.